The highest BCUT2D eigenvalue weighted by Gasteiger charge is 2.16. The number of nitrogens with zero attached hydrogens (tertiary/aromatic N) is 1. The molecule has 3 rings (SSSR count). The minimum Gasteiger partial charge on any atom is -0.380 e. The maximum atomic E-state index is 12.7. The molecule has 7 nitrogen and oxygen atoms in total. The molecule has 0 bridgehead atoms. The normalized spacial score (nSPS) is 10.3. The second-order valence-electron chi connectivity index (χ2n) is 6.67. The molecule has 0 radical (unpaired) electrons. The van der Waals surface area contributed by atoms with Crippen LogP contribution < -0.4 is 16.0 Å². The van der Waals surface area contributed by atoms with E-state index in [-0.39, 0.29) is 11.5 Å². The maximum absolute atomic E-state index is 12.7. The van der Waals surface area contributed by atoms with Crippen LogP contribution in [0.5, 0.6) is 0 Å². The van der Waals surface area contributed by atoms with Gasteiger partial charge in [-0.15, -0.1) is 0 Å². The fraction of sp³-hybridized carbons (Fsp3) is 0.0909. The molecule has 1 heterocycles. The Labute approximate surface area is 189 Å². The highest BCUT2D eigenvalue weighted by Crippen LogP contribution is 2.23. The van der Waals surface area contributed by atoms with E-state index in [4.69, 9.17) is 28.6 Å². The van der Waals surface area contributed by atoms with Gasteiger partial charge in [0, 0.05) is 28.2 Å². The van der Waals surface area contributed by atoms with Gasteiger partial charge >= 0.3 is 0 Å². The zero-order valence-electron chi connectivity index (χ0n) is 16.5. The van der Waals surface area contributed by atoms with E-state index >= 15 is 0 Å². The van der Waals surface area contributed by atoms with E-state index in [1.54, 1.807) is 55.5 Å². The van der Waals surface area contributed by atoms with Crippen LogP contribution in [-0.2, 0) is 0 Å². The number of carbonyl (C=O) groups excluding carboxylic acids is 2. The molecule has 31 heavy (non-hydrogen) atoms. The van der Waals surface area contributed by atoms with Gasteiger partial charge in [-0.3, -0.25) is 9.59 Å². The summed E-state index contributed by atoms with van der Waals surface area (Å²) < 4.78 is 0. The van der Waals surface area contributed by atoms with Gasteiger partial charge in [-0.1, -0.05) is 23.2 Å². The Bertz CT molecular complexity index is 1120. The van der Waals surface area contributed by atoms with Gasteiger partial charge in [-0.05, 0) is 61.5 Å². The predicted molar refractivity (Wildman–Crippen MR) is 125 cm³/mol. The number of anilines is 3. The lowest BCUT2D eigenvalue weighted by Crippen LogP contribution is -2.18. The van der Waals surface area contributed by atoms with Crippen molar-refractivity contribution in [3.63, 3.8) is 0 Å². The number of amides is 2. The van der Waals surface area contributed by atoms with Crippen LogP contribution in [0, 0.1) is 5.41 Å². The molecular formula is C22H19Cl2N5O2. The Hall–Kier alpha value is -3.42. The van der Waals surface area contributed by atoms with E-state index in [0.29, 0.717) is 39.4 Å². The highest BCUT2D eigenvalue weighted by atomic mass is 35.5. The first-order valence-electron chi connectivity index (χ1n) is 9.23. The quantitative estimate of drug-likeness (QED) is 0.360. The van der Waals surface area contributed by atoms with Crippen LogP contribution in [0.3, 0.4) is 0 Å². The summed E-state index contributed by atoms with van der Waals surface area (Å²) in [5.41, 5.74) is 2.21. The SMILES string of the molecule is CC(=N)CNc1ccc(C(=O)Nc2ccc(Cl)cc2C(=O)Nc2ccc(Cl)cn2)cc1. The Morgan fingerprint density at radius 2 is 1.65 bits per heavy atom. The minimum absolute atomic E-state index is 0.192. The molecule has 0 aliphatic rings. The lowest BCUT2D eigenvalue weighted by Gasteiger charge is -2.12. The largest absolute Gasteiger partial charge is 0.380 e. The van der Waals surface area contributed by atoms with E-state index in [2.05, 4.69) is 20.9 Å². The Kier molecular flexibility index (Phi) is 7.23. The number of nitrogens with one attached hydrogen (secondary N) is 4. The number of pyridine rings is 1. The topological polar surface area (TPSA) is 107 Å². The molecule has 0 saturated heterocycles. The molecular weight excluding hydrogens is 437 g/mol. The monoisotopic (exact) mass is 455 g/mol. The van der Waals surface area contributed by atoms with Crippen LogP contribution in [0.4, 0.5) is 17.2 Å². The first-order chi connectivity index (χ1) is 14.8. The van der Waals surface area contributed by atoms with Crippen molar-refractivity contribution in [1.82, 2.24) is 4.98 Å². The van der Waals surface area contributed by atoms with Crippen LogP contribution in [0.15, 0.2) is 60.8 Å². The summed E-state index contributed by atoms with van der Waals surface area (Å²) in [6.07, 6.45) is 1.42. The average molecular weight is 456 g/mol. The molecule has 0 aliphatic carbocycles. The summed E-state index contributed by atoms with van der Waals surface area (Å²) >= 11 is 11.9. The van der Waals surface area contributed by atoms with E-state index in [1.807, 2.05) is 0 Å². The molecule has 0 atom stereocenters. The molecule has 0 spiro atoms. The van der Waals surface area contributed by atoms with E-state index < -0.39 is 5.91 Å². The molecule has 9 heteroatoms. The number of hydrogen-bond acceptors (Lipinski definition) is 5. The van der Waals surface area contributed by atoms with Gasteiger partial charge in [0.15, 0.2) is 0 Å². The number of rotatable bonds is 7. The summed E-state index contributed by atoms with van der Waals surface area (Å²) in [5, 5.41) is 16.7. The molecule has 0 saturated carbocycles. The molecule has 0 unspecified atom stereocenters. The molecule has 0 fully saturated rings. The summed E-state index contributed by atoms with van der Waals surface area (Å²) in [5.74, 6) is -0.542. The zero-order chi connectivity index (χ0) is 22.4. The van der Waals surface area contributed by atoms with Crippen LogP contribution in [-0.4, -0.2) is 29.1 Å². The zero-order valence-corrected chi connectivity index (χ0v) is 18.0. The van der Waals surface area contributed by atoms with Gasteiger partial charge in [0.1, 0.15) is 5.82 Å². The van der Waals surface area contributed by atoms with Gasteiger partial charge in [-0.25, -0.2) is 4.98 Å². The number of halogens is 2. The third-order valence-electron chi connectivity index (χ3n) is 4.15. The first-order valence-corrected chi connectivity index (χ1v) is 9.99. The molecule has 2 amide bonds. The smallest absolute Gasteiger partial charge is 0.258 e. The van der Waals surface area contributed by atoms with Crippen molar-refractivity contribution in [2.45, 2.75) is 6.92 Å². The maximum Gasteiger partial charge on any atom is 0.258 e. The number of benzene rings is 2. The van der Waals surface area contributed by atoms with Gasteiger partial charge in [0.05, 0.1) is 22.8 Å². The van der Waals surface area contributed by atoms with E-state index in [1.165, 1.54) is 12.3 Å². The number of carbonyl (C=O) groups is 2. The van der Waals surface area contributed by atoms with Gasteiger partial charge in [-0.2, -0.15) is 0 Å². The van der Waals surface area contributed by atoms with Crippen LogP contribution in [0.25, 0.3) is 0 Å². The second kappa shape index (κ2) is 10.1. The number of hydrogen-bond donors (Lipinski definition) is 4. The molecule has 1 aromatic heterocycles. The van der Waals surface area contributed by atoms with Crippen LogP contribution in [0.1, 0.15) is 27.6 Å². The fourth-order valence-electron chi connectivity index (χ4n) is 2.62. The van der Waals surface area contributed by atoms with Crippen molar-refractivity contribution in [2.75, 3.05) is 22.5 Å². The molecule has 2 aromatic carbocycles. The van der Waals surface area contributed by atoms with E-state index in [0.717, 1.165) is 5.69 Å². The Balaban J connectivity index is 1.75. The standard InChI is InChI=1S/C22H19Cl2N5O2/c1-13(25)11-26-17-6-2-14(3-7-17)21(30)28-19-8-4-15(23)10-18(19)22(31)29-20-9-5-16(24)12-27-20/h2-10,12,25-26H,11H2,1H3,(H,28,30)(H,27,29,31). The predicted octanol–water partition coefficient (Wildman–Crippen LogP) is 5.34. The first kappa shape index (κ1) is 22.3. The molecule has 4 N–H and O–H groups in total. The van der Waals surface area contributed by atoms with Gasteiger partial charge in [0.2, 0.25) is 0 Å². The Morgan fingerprint density at radius 1 is 0.935 bits per heavy atom. The van der Waals surface area contributed by atoms with Crippen LogP contribution >= 0.6 is 23.2 Å². The fourth-order valence-corrected chi connectivity index (χ4v) is 2.90. The summed E-state index contributed by atoms with van der Waals surface area (Å²) in [6, 6.07) is 14.6. The van der Waals surface area contributed by atoms with Crippen molar-refractivity contribution >= 4 is 57.9 Å². The van der Waals surface area contributed by atoms with E-state index in [9.17, 15) is 9.59 Å². The Morgan fingerprint density at radius 3 is 2.29 bits per heavy atom. The van der Waals surface area contributed by atoms with Crippen molar-refractivity contribution in [3.8, 4) is 0 Å². The third kappa shape index (κ3) is 6.28. The average Bonchev–Trinajstić information content (AvgIpc) is 2.75. The number of aromatic nitrogens is 1. The van der Waals surface area contributed by atoms with Gasteiger partial charge in [0.25, 0.3) is 11.8 Å². The molecule has 0 aliphatic heterocycles. The van der Waals surface area contributed by atoms with Crippen molar-refractivity contribution < 1.29 is 9.59 Å². The lowest BCUT2D eigenvalue weighted by atomic mass is 10.1. The second-order valence-corrected chi connectivity index (χ2v) is 7.54. The van der Waals surface area contributed by atoms with Gasteiger partial charge < -0.3 is 21.4 Å². The van der Waals surface area contributed by atoms with Crippen LogP contribution in [0.2, 0.25) is 10.0 Å². The van der Waals surface area contributed by atoms with Crippen molar-refractivity contribution in [2.24, 2.45) is 0 Å². The summed E-state index contributed by atoms with van der Waals surface area (Å²) in [6.45, 7) is 2.13. The molecule has 158 valence electrons. The van der Waals surface area contributed by atoms with Crippen molar-refractivity contribution in [3.05, 3.63) is 82.0 Å². The highest BCUT2D eigenvalue weighted by molar-refractivity contribution is 6.31. The molecule has 3 aromatic rings. The van der Waals surface area contributed by atoms with Crippen molar-refractivity contribution in [1.29, 1.82) is 5.41 Å². The summed E-state index contributed by atoms with van der Waals surface area (Å²) in [7, 11) is 0. The third-order valence-corrected chi connectivity index (χ3v) is 4.61. The summed E-state index contributed by atoms with van der Waals surface area (Å²) in [4.78, 5) is 29.5. The minimum atomic E-state index is -0.478. The lowest BCUT2D eigenvalue weighted by molar-refractivity contribution is 0.102.